The first-order valence-electron chi connectivity index (χ1n) is 3.05. The van der Waals surface area contributed by atoms with Crippen molar-refractivity contribution in [2.45, 2.75) is 0 Å². The SMILES string of the molecule is [O]C1=C=CC([N+](=O)[O-])=CC1=[N+]([O-])O. The van der Waals surface area contributed by atoms with Gasteiger partial charge in [-0.2, -0.15) is 0 Å². The Kier molecular flexibility index (Phi) is 2.03. The van der Waals surface area contributed by atoms with Crippen LogP contribution in [-0.2, 0) is 5.11 Å². The van der Waals surface area contributed by atoms with E-state index in [2.05, 4.69) is 0 Å². The standard InChI is InChI=1S/C6H3N2O5/c9-6-2-1-4(7(10)11)3-5(6)8(12)13/h1,3H,(H,12,13). The highest BCUT2D eigenvalue weighted by Gasteiger charge is 2.24. The van der Waals surface area contributed by atoms with Crippen LogP contribution in [0.25, 0.3) is 0 Å². The van der Waals surface area contributed by atoms with Crippen molar-refractivity contribution in [2.24, 2.45) is 0 Å². The van der Waals surface area contributed by atoms with Gasteiger partial charge in [-0.1, -0.05) is 5.73 Å². The Balaban J connectivity index is 3.26. The molecule has 7 nitrogen and oxygen atoms in total. The van der Waals surface area contributed by atoms with Crippen LogP contribution < -0.4 is 0 Å². The van der Waals surface area contributed by atoms with Gasteiger partial charge in [-0.05, 0) is 0 Å². The molecule has 0 fully saturated rings. The quantitative estimate of drug-likeness (QED) is 0.202. The molecule has 0 amide bonds. The predicted molar refractivity (Wildman–Crippen MR) is 37.8 cm³/mol. The van der Waals surface area contributed by atoms with Crippen LogP contribution >= 0.6 is 0 Å². The third-order valence-electron chi connectivity index (χ3n) is 1.29. The molecule has 0 aromatic carbocycles. The van der Waals surface area contributed by atoms with Gasteiger partial charge in [0.2, 0.25) is 0 Å². The second kappa shape index (κ2) is 3.00. The van der Waals surface area contributed by atoms with Crippen LogP contribution in [0.1, 0.15) is 0 Å². The van der Waals surface area contributed by atoms with Crippen molar-refractivity contribution in [3.63, 3.8) is 0 Å². The Morgan fingerprint density at radius 1 is 1.46 bits per heavy atom. The summed E-state index contributed by atoms with van der Waals surface area (Å²) in [4.78, 5) is 8.64. The number of hydrogen-bond acceptors (Lipinski definition) is 4. The molecule has 0 aliphatic heterocycles. The zero-order valence-corrected chi connectivity index (χ0v) is 6.13. The van der Waals surface area contributed by atoms with E-state index < -0.39 is 27.0 Å². The van der Waals surface area contributed by atoms with Crippen molar-refractivity contribution in [1.82, 2.24) is 0 Å². The summed E-state index contributed by atoms with van der Waals surface area (Å²) in [6, 6.07) is 0. The molecule has 0 aromatic rings. The van der Waals surface area contributed by atoms with Gasteiger partial charge >= 0.3 is 5.71 Å². The minimum Gasteiger partial charge on any atom is -0.417 e. The second-order valence-corrected chi connectivity index (χ2v) is 2.10. The van der Waals surface area contributed by atoms with E-state index in [-0.39, 0.29) is 0 Å². The van der Waals surface area contributed by atoms with Crippen molar-refractivity contribution in [1.29, 1.82) is 0 Å². The average Bonchev–Trinajstić information content (AvgIpc) is 2.04. The topological polar surface area (TPSA) is 109 Å². The fraction of sp³-hybridized carbons (Fsp3) is 0. The van der Waals surface area contributed by atoms with Crippen molar-refractivity contribution < 1.29 is 20.1 Å². The first-order valence-corrected chi connectivity index (χ1v) is 3.05. The molecule has 0 saturated carbocycles. The molecule has 1 aliphatic rings. The first-order chi connectivity index (χ1) is 6.02. The van der Waals surface area contributed by atoms with Gasteiger partial charge < -0.3 is 5.21 Å². The Morgan fingerprint density at radius 3 is 2.54 bits per heavy atom. The van der Waals surface area contributed by atoms with Crippen LogP contribution in [-0.4, -0.2) is 20.7 Å². The van der Waals surface area contributed by atoms with Crippen LogP contribution in [0.4, 0.5) is 0 Å². The summed E-state index contributed by atoms with van der Waals surface area (Å²) in [5.41, 5.74) is 0.723. The van der Waals surface area contributed by atoms with E-state index in [4.69, 9.17) is 5.21 Å². The van der Waals surface area contributed by atoms with E-state index in [1.807, 2.05) is 5.73 Å². The summed E-state index contributed by atoms with van der Waals surface area (Å²) < 4.78 is 0. The molecule has 1 rings (SSSR count). The highest BCUT2D eigenvalue weighted by atomic mass is 16.8. The van der Waals surface area contributed by atoms with E-state index in [1.54, 1.807) is 0 Å². The maximum Gasteiger partial charge on any atom is 0.329 e. The van der Waals surface area contributed by atoms with Gasteiger partial charge in [-0.15, -0.1) is 0 Å². The van der Waals surface area contributed by atoms with Gasteiger partial charge in [0.1, 0.15) is 0 Å². The maximum atomic E-state index is 10.8. The third-order valence-corrected chi connectivity index (χ3v) is 1.29. The van der Waals surface area contributed by atoms with Gasteiger partial charge in [-0.3, -0.25) is 20.4 Å². The molecule has 7 heteroatoms. The van der Waals surface area contributed by atoms with Crippen LogP contribution in [0.15, 0.2) is 29.3 Å². The van der Waals surface area contributed by atoms with Gasteiger partial charge in [-0.25, -0.2) is 0 Å². The Morgan fingerprint density at radius 2 is 2.08 bits per heavy atom. The van der Waals surface area contributed by atoms with Crippen molar-refractivity contribution >= 4 is 5.71 Å². The molecule has 1 radical (unpaired) electrons. The number of hydrogen-bond donors (Lipinski definition) is 1. The lowest BCUT2D eigenvalue weighted by atomic mass is 10.2. The lowest BCUT2D eigenvalue weighted by molar-refractivity contribution is -0.725. The van der Waals surface area contributed by atoms with E-state index >= 15 is 0 Å². The monoisotopic (exact) mass is 183 g/mol. The van der Waals surface area contributed by atoms with E-state index in [0.29, 0.717) is 6.08 Å². The van der Waals surface area contributed by atoms with Crippen LogP contribution in [0.5, 0.6) is 0 Å². The molecule has 67 valence electrons. The predicted octanol–water partition coefficient (Wildman–Crippen LogP) is -0.0294. The molecule has 0 saturated heterocycles. The molecule has 13 heavy (non-hydrogen) atoms. The molecule has 0 spiro atoms. The normalized spacial score (nSPS) is 19.1. The fourth-order valence-electron chi connectivity index (χ4n) is 0.708. The minimum atomic E-state index is -0.900. The molecule has 0 aromatic heterocycles. The minimum absolute atomic E-state index is 0.482. The Hall–Kier alpha value is -2.27. The van der Waals surface area contributed by atoms with Crippen LogP contribution in [0.2, 0.25) is 0 Å². The zero-order valence-electron chi connectivity index (χ0n) is 6.13. The molecule has 0 bridgehead atoms. The summed E-state index contributed by atoms with van der Waals surface area (Å²) in [7, 11) is 0. The van der Waals surface area contributed by atoms with Crippen LogP contribution in [0, 0.1) is 15.3 Å². The molecular weight excluding hydrogens is 180 g/mol. The van der Waals surface area contributed by atoms with Gasteiger partial charge in [0, 0.05) is 4.90 Å². The highest BCUT2D eigenvalue weighted by molar-refractivity contribution is 6.04. The Bertz CT molecular complexity index is 382. The third kappa shape index (κ3) is 1.66. The number of allylic oxidation sites excluding steroid dienone is 1. The summed E-state index contributed by atoms with van der Waals surface area (Å²) in [5, 5.41) is 39.5. The summed E-state index contributed by atoms with van der Waals surface area (Å²) in [6.45, 7) is 0. The molecular formula is C6H3N2O5. The highest BCUT2D eigenvalue weighted by Crippen LogP contribution is 2.07. The van der Waals surface area contributed by atoms with Crippen molar-refractivity contribution in [3.8, 4) is 0 Å². The first kappa shape index (κ1) is 8.82. The lowest BCUT2D eigenvalue weighted by Crippen LogP contribution is -2.15. The molecule has 1 aliphatic carbocycles. The molecule has 0 heterocycles. The average molecular weight is 183 g/mol. The van der Waals surface area contributed by atoms with E-state index in [9.17, 15) is 20.4 Å². The Labute approximate surface area is 71.5 Å². The fourth-order valence-corrected chi connectivity index (χ4v) is 0.708. The van der Waals surface area contributed by atoms with Gasteiger partial charge in [0.05, 0.1) is 17.1 Å². The summed E-state index contributed by atoms with van der Waals surface area (Å²) in [6.07, 6.45) is 1.50. The van der Waals surface area contributed by atoms with Crippen molar-refractivity contribution in [3.05, 3.63) is 44.7 Å². The van der Waals surface area contributed by atoms with Gasteiger partial charge in [0.25, 0.3) is 11.5 Å². The summed E-state index contributed by atoms with van der Waals surface area (Å²) in [5.74, 6) is -0.900. The number of nitro groups is 1. The second-order valence-electron chi connectivity index (χ2n) is 2.10. The van der Waals surface area contributed by atoms with Gasteiger partial charge in [0.15, 0.2) is 0 Å². The molecule has 0 unspecified atom stereocenters. The van der Waals surface area contributed by atoms with E-state index in [1.165, 1.54) is 0 Å². The summed E-state index contributed by atoms with van der Waals surface area (Å²) >= 11 is 0. The molecule has 0 atom stereocenters. The number of rotatable bonds is 1. The van der Waals surface area contributed by atoms with Crippen LogP contribution in [0.3, 0.4) is 0 Å². The van der Waals surface area contributed by atoms with E-state index in [0.717, 1.165) is 6.08 Å². The molecule has 1 N–H and O–H groups in total. The lowest BCUT2D eigenvalue weighted by Gasteiger charge is -1.95. The zero-order chi connectivity index (χ0) is 10.0. The number of nitrogens with zero attached hydrogens (tertiary/aromatic N) is 2. The van der Waals surface area contributed by atoms with Crippen molar-refractivity contribution in [2.75, 3.05) is 0 Å². The maximum absolute atomic E-state index is 10.8. The largest absolute Gasteiger partial charge is 0.417 e. The smallest absolute Gasteiger partial charge is 0.329 e.